The Morgan fingerprint density at radius 3 is 1.02 bits per heavy atom. The van der Waals surface area contributed by atoms with Crippen molar-refractivity contribution < 1.29 is 0 Å². The summed E-state index contributed by atoms with van der Waals surface area (Å²) in [5, 5.41) is 13.8. The molecule has 12 N–H and O–H groups in total. The van der Waals surface area contributed by atoms with Crippen molar-refractivity contribution in [3.63, 3.8) is 0 Å². The number of nitrogens with two attached hydrogens (primary N) is 4. The van der Waals surface area contributed by atoms with Gasteiger partial charge in [-0.2, -0.15) is 29.9 Å². The van der Waals surface area contributed by atoms with E-state index >= 15 is 0 Å². The number of unbranched alkanes of at least 4 members (excludes halogenated alkanes) is 4. The Kier molecular flexibility index (Phi) is 18.0. The summed E-state index contributed by atoms with van der Waals surface area (Å²) in [6, 6.07) is 21.1. The van der Waals surface area contributed by atoms with Crippen molar-refractivity contribution >= 4 is 35.7 Å². The van der Waals surface area contributed by atoms with Crippen LogP contribution in [0.4, 0.5) is 35.7 Å². The van der Waals surface area contributed by atoms with Crippen LogP contribution in [-0.2, 0) is 12.8 Å². The predicted octanol–water partition coefficient (Wildman–Crippen LogP) is 3.21. The van der Waals surface area contributed by atoms with Crippen LogP contribution < -0.4 is 54.0 Å². The molecule has 0 radical (unpaired) electrons. The summed E-state index contributed by atoms with van der Waals surface area (Å²) >= 11 is 0. The van der Waals surface area contributed by atoms with Gasteiger partial charge in [0.05, 0.1) is 12.1 Å². The standard InChI is InChI=1S/C40H64N16/c41-19-7-11-23-45-35-49-36(46-24-12-8-20-42)52-39(51-35)55-30-34(28-32-17-5-2-6-18-32)56(29-33(55)27-31-15-3-1-4-16-31)40-53-37(47-25-13-9-21-43)50-38(54-40)48-26-14-10-22-44/h1-6,15-18,33-34H,7-14,19-30,41-44H2,(H2,45,46,49,51,52)(H2,47,48,50,53,54). The quantitative estimate of drug-likeness (QED) is 0.0428. The summed E-state index contributed by atoms with van der Waals surface area (Å²) in [5.41, 5.74) is 25.6. The third-order valence-electron chi connectivity index (χ3n) is 9.74. The van der Waals surface area contributed by atoms with Crippen LogP contribution >= 0.6 is 0 Å². The van der Waals surface area contributed by atoms with E-state index in [2.05, 4.69) is 91.7 Å². The summed E-state index contributed by atoms with van der Waals surface area (Å²) in [7, 11) is 0. The molecule has 2 aromatic carbocycles. The molecule has 2 atom stereocenters. The molecule has 4 aromatic rings. The van der Waals surface area contributed by atoms with Gasteiger partial charge in [0, 0.05) is 39.3 Å². The molecule has 2 unspecified atom stereocenters. The smallest absolute Gasteiger partial charge is 0.232 e. The molecule has 0 saturated carbocycles. The number of nitrogens with one attached hydrogen (secondary N) is 4. The van der Waals surface area contributed by atoms with Gasteiger partial charge in [-0.25, -0.2) is 0 Å². The molecular formula is C40H64N16. The van der Waals surface area contributed by atoms with E-state index in [1.165, 1.54) is 11.1 Å². The van der Waals surface area contributed by atoms with Crippen molar-refractivity contribution in [3.8, 4) is 0 Å². The molecule has 56 heavy (non-hydrogen) atoms. The molecule has 1 saturated heterocycles. The molecule has 0 bridgehead atoms. The lowest BCUT2D eigenvalue weighted by Gasteiger charge is -2.46. The molecule has 1 fully saturated rings. The maximum absolute atomic E-state index is 5.79. The maximum Gasteiger partial charge on any atom is 0.232 e. The number of benzene rings is 2. The summed E-state index contributed by atoms with van der Waals surface area (Å²) in [6.07, 6.45) is 8.90. The van der Waals surface area contributed by atoms with Crippen LogP contribution in [0, 0.1) is 0 Å². The van der Waals surface area contributed by atoms with Crippen LogP contribution in [-0.4, -0.2) is 107 Å². The summed E-state index contributed by atoms with van der Waals surface area (Å²) in [4.78, 5) is 34.5. The zero-order valence-corrected chi connectivity index (χ0v) is 33.0. The molecule has 5 rings (SSSR count). The van der Waals surface area contributed by atoms with E-state index in [-0.39, 0.29) is 12.1 Å². The van der Waals surface area contributed by atoms with E-state index in [9.17, 15) is 0 Å². The van der Waals surface area contributed by atoms with Gasteiger partial charge in [0.2, 0.25) is 35.7 Å². The molecule has 304 valence electrons. The monoisotopic (exact) mass is 769 g/mol. The van der Waals surface area contributed by atoms with Gasteiger partial charge in [-0.3, -0.25) is 0 Å². The lowest BCUT2D eigenvalue weighted by Crippen LogP contribution is -2.61. The number of aromatic nitrogens is 6. The first-order valence-corrected chi connectivity index (χ1v) is 20.5. The van der Waals surface area contributed by atoms with Crippen molar-refractivity contribution in [1.29, 1.82) is 0 Å². The van der Waals surface area contributed by atoms with E-state index < -0.39 is 0 Å². The van der Waals surface area contributed by atoms with E-state index in [1.807, 2.05) is 0 Å². The lowest BCUT2D eigenvalue weighted by atomic mass is 9.96. The first-order chi connectivity index (χ1) is 27.6. The summed E-state index contributed by atoms with van der Waals surface area (Å²) < 4.78 is 0. The second kappa shape index (κ2) is 23.9. The van der Waals surface area contributed by atoms with Gasteiger partial charge in [0.25, 0.3) is 0 Å². The summed E-state index contributed by atoms with van der Waals surface area (Å²) in [6.45, 7) is 6.70. The van der Waals surface area contributed by atoms with Gasteiger partial charge in [0.1, 0.15) is 0 Å². The van der Waals surface area contributed by atoms with Crippen LogP contribution in [0.5, 0.6) is 0 Å². The molecule has 16 nitrogen and oxygen atoms in total. The Balaban J connectivity index is 1.55. The van der Waals surface area contributed by atoms with E-state index in [4.69, 9.17) is 52.8 Å². The second-order valence-corrected chi connectivity index (χ2v) is 14.2. The van der Waals surface area contributed by atoms with E-state index in [0.29, 0.717) is 75.0 Å². The Bertz CT molecular complexity index is 1480. The van der Waals surface area contributed by atoms with Crippen LogP contribution in [0.15, 0.2) is 60.7 Å². The first-order valence-electron chi connectivity index (χ1n) is 20.5. The minimum atomic E-state index is -0.0271. The fourth-order valence-corrected chi connectivity index (χ4v) is 6.74. The highest BCUT2D eigenvalue weighted by atomic mass is 15.4. The Labute approximate surface area is 332 Å². The highest BCUT2D eigenvalue weighted by Gasteiger charge is 2.37. The molecule has 1 aliphatic heterocycles. The van der Waals surface area contributed by atoms with Gasteiger partial charge >= 0.3 is 0 Å². The average Bonchev–Trinajstić information content (AvgIpc) is 3.22. The highest BCUT2D eigenvalue weighted by molar-refractivity contribution is 5.51. The predicted molar refractivity (Wildman–Crippen MR) is 229 cm³/mol. The maximum atomic E-state index is 5.79. The number of piperazine rings is 1. The van der Waals surface area contributed by atoms with E-state index in [1.54, 1.807) is 0 Å². The number of hydrogen-bond acceptors (Lipinski definition) is 16. The van der Waals surface area contributed by atoms with Crippen LogP contribution in [0.1, 0.15) is 62.5 Å². The zero-order valence-electron chi connectivity index (χ0n) is 33.0. The van der Waals surface area contributed by atoms with Crippen molar-refractivity contribution in [3.05, 3.63) is 71.8 Å². The first kappa shape index (κ1) is 42.2. The summed E-state index contributed by atoms with van der Waals surface area (Å²) in [5.74, 6) is 3.43. The van der Waals surface area contributed by atoms with E-state index in [0.717, 1.165) is 90.4 Å². The number of anilines is 6. The molecular weight excluding hydrogens is 705 g/mol. The lowest BCUT2D eigenvalue weighted by molar-refractivity contribution is 0.427. The average molecular weight is 769 g/mol. The molecule has 1 aliphatic rings. The van der Waals surface area contributed by atoms with Gasteiger partial charge in [0.15, 0.2) is 0 Å². The zero-order chi connectivity index (χ0) is 39.2. The van der Waals surface area contributed by atoms with Crippen LogP contribution in [0.2, 0.25) is 0 Å². The molecule has 0 spiro atoms. The van der Waals surface area contributed by atoms with Crippen molar-refractivity contribution in [1.82, 2.24) is 29.9 Å². The SMILES string of the molecule is NCCCCNc1nc(NCCCCN)nc(N2CC(Cc3ccccc3)N(c3nc(NCCCCN)nc(NCCCCN)n3)CC2Cc2ccccc2)n1. The minimum absolute atomic E-state index is 0.0271. The molecule has 0 aliphatic carbocycles. The largest absolute Gasteiger partial charge is 0.354 e. The fraction of sp³-hybridized carbons (Fsp3) is 0.550. The van der Waals surface area contributed by atoms with Gasteiger partial charge in [-0.05, 0) is 102 Å². The van der Waals surface area contributed by atoms with Gasteiger partial charge < -0.3 is 54.0 Å². The normalized spacial score (nSPS) is 15.5. The topological polar surface area (TPSA) is 236 Å². The van der Waals surface area contributed by atoms with Gasteiger partial charge in [-0.15, -0.1) is 0 Å². The molecule has 16 heteroatoms. The Hall–Kier alpha value is -4.90. The highest BCUT2D eigenvalue weighted by Crippen LogP contribution is 2.30. The number of hydrogen-bond donors (Lipinski definition) is 8. The second-order valence-electron chi connectivity index (χ2n) is 14.2. The number of nitrogens with zero attached hydrogens (tertiary/aromatic N) is 8. The Morgan fingerprint density at radius 1 is 0.429 bits per heavy atom. The Morgan fingerprint density at radius 2 is 0.732 bits per heavy atom. The van der Waals surface area contributed by atoms with Crippen molar-refractivity contribution in [2.45, 2.75) is 76.3 Å². The molecule has 0 amide bonds. The third-order valence-corrected chi connectivity index (χ3v) is 9.74. The van der Waals surface area contributed by atoms with Gasteiger partial charge in [-0.1, -0.05) is 60.7 Å². The molecule has 2 aromatic heterocycles. The number of rotatable bonds is 26. The minimum Gasteiger partial charge on any atom is -0.354 e. The van der Waals surface area contributed by atoms with Crippen molar-refractivity contribution in [2.75, 3.05) is 96.5 Å². The third kappa shape index (κ3) is 13.7. The van der Waals surface area contributed by atoms with Crippen LogP contribution in [0.25, 0.3) is 0 Å². The fourth-order valence-electron chi connectivity index (χ4n) is 6.74. The van der Waals surface area contributed by atoms with Crippen LogP contribution in [0.3, 0.4) is 0 Å². The molecule has 3 heterocycles. The van der Waals surface area contributed by atoms with Crippen molar-refractivity contribution in [2.24, 2.45) is 22.9 Å².